The van der Waals surface area contributed by atoms with Crippen molar-refractivity contribution in [2.75, 3.05) is 39.5 Å². The number of amides is 1. The van der Waals surface area contributed by atoms with Gasteiger partial charge in [-0.25, -0.2) is 0 Å². The summed E-state index contributed by atoms with van der Waals surface area (Å²) in [5.41, 5.74) is 0.372. The number of hydrogen-bond acceptors (Lipinski definition) is 5. The van der Waals surface area contributed by atoms with Gasteiger partial charge in [0.15, 0.2) is 5.69 Å². The van der Waals surface area contributed by atoms with E-state index in [4.69, 9.17) is 0 Å². The molecule has 2 rings (SSSR count). The van der Waals surface area contributed by atoms with Gasteiger partial charge < -0.3 is 15.1 Å². The Labute approximate surface area is 113 Å². The smallest absolute Gasteiger partial charge is 0.273 e. The van der Waals surface area contributed by atoms with E-state index >= 15 is 0 Å². The summed E-state index contributed by atoms with van der Waals surface area (Å²) in [6, 6.07) is 3.94. The first kappa shape index (κ1) is 13.7. The number of rotatable bonds is 3. The summed E-state index contributed by atoms with van der Waals surface area (Å²) in [6.45, 7) is 2.17. The fourth-order valence-corrected chi connectivity index (χ4v) is 2.25. The van der Waals surface area contributed by atoms with Gasteiger partial charge in [-0.2, -0.15) is 0 Å². The summed E-state index contributed by atoms with van der Waals surface area (Å²) >= 11 is 0. The molecule has 0 radical (unpaired) electrons. The molecule has 1 amide bonds. The highest BCUT2D eigenvalue weighted by atomic mass is 16.2. The van der Waals surface area contributed by atoms with Crippen molar-refractivity contribution >= 4 is 11.7 Å². The Kier molecular flexibility index (Phi) is 4.31. The average Bonchev–Trinajstić information content (AvgIpc) is 2.39. The molecule has 1 aliphatic heterocycles. The Balaban J connectivity index is 1.97. The predicted molar refractivity (Wildman–Crippen MR) is 74.2 cm³/mol. The molecule has 6 heteroatoms. The third-order valence-electron chi connectivity index (χ3n) is 3.27. The van der Waals surface area contributed by atoms with Gasteiger partial charge in [-0.05, 0) is 38.6 Å². The van der Waals surface area contributed by atoms with Gasteiger partial charge in [0, 0.05) is 26.7 Å². The Hall–Kier alpha value is -1.69. The SMILES string of the molecule is CN1CCCC(Nc2ccc(C(=O)N(C)C)nn2)C1. The number of anilines is 1. The van der Waals surface area contributed by atoms with E-state index in [0.717, 1.165) is 25.3 Å². The summed E-state index contributed by atoms with van der Waals surface area (Å²) in [5, 5.41) is 11.4. The fraction of sp³-hybridized carbons (Fsp3) is 0.615. The lowest BCUT2D eigenvalue weighted by Gasteiger charge is -2.30. The number of aromatic nitrogens is 2. The van der Waals surface area contributed by atoms with E-state index in [-0.39, 0.29) is 5.91 Å². The quantitative estimate of drug-likeness (QED) is 0.869. The third-order valence-corrected chi connectivity index (χ3v) is 3.27. The number of hydrogen-bond donors (Lipinski definition) is 1. The molecule has 0 bridgehead atoms. The molecular weight excluding hydrogens is 242 g/mol. The Morgan fingerprint density at radius 2 is 2.21 bits per heavy atom. The lowest BCUT2D eigenvalue weighted by molar-refractivity contribution is 0.0821. The molecule has 1 atom stereocenters. The topological polar surface area (TPSA) is 61.4 Å². The van der Waals surface area contributed by atoms with Crippen molar-refractivity contribution < 1.29 is 4.79 Å². The predicted octanol–water partition coefficient (Wildman–Crippen LogP) is 0.684. The van der Waals surface area contributed by atoms with Crippen molar-refractivity contribution in [3.63, 3.8) is 0 Å². The van der Waals surface area contributed by atoms with Crippen molar-refractivity contribution in [3.8, 4) is 0 Å². The number of likely N-dealkylation sites (N-methyl/N-ethyl adjacent to an activating group) is 1. The number of likely N-dealkylation sites (tertiary alicyclic amines) is 1. The zero-order chi connectivity index (χ0) is 13.8. The van der Waals surface area contributed by atoms with Crippen LogP contribution in [0.15, 0.2) is 12.1 Å². The molecule has 2 heterocycles. The molecular formula is C13H21N5O. The lowest BCUT2D eigenvalue weighted by Crippen LogP contribution is -2.40. The zero-order valence-electron chi connectivity index (χ0n) is 11.8. The van der Waals surface area contributed by atoms with Gasteiger partial charge in [0.1, 0.15) is 5.82 Å². The molecule has 1 fully saturated rings. The molecule has 1 aliphatic rings. The van der Waals surface area contributed by atoms with Crippen LogP contribution in [0.2, 0.25) is 0 Å². The minimum atomic E-state index is -0.128. The third kappa shape index (κ3) is 3.64. The first-order chi connectivity index (χ1) is 9.06. The standard InChI is InChI=1S/C13H21N5O/c1-17(2)13(19)11-6-7-12(16-15-11)14-10-5-4-8-18(3)9-10/h6-7,10H,4-5,8-9H2,1-3H3,(H,14,16). The van der Waals surface area contributed by atoms with Crippen LogP contribution in [0.1, 0.15) is 23.3 Å². The average molecular weight is 263 g/mol. The van der Waals surface area contributed by atoms with Gasteiger partial charge in [0.25, 0.3) is 5.91 Å². The molecule has 0 saturated carbocycles. The summed E-state index contributed by atoms with van der Waals surface area (Å²) in [7, 11) is 5.53. The van der Waals surface area contributed by atoms with Crippen LogP contribution in [0.25, 0.3) is 0 Å². The summed E-state index contributed by atoms with van der Waals surface area (Å²) in [5.74, 6) is 0.604. The molecule has 6 nitrogen and oxygen atoms in total. The molecule has 0 spiro atoms. The largest absolute Gasteiger partial charge is 0.365 e. The van der Waals surface area contributed by atoms with E-state index in [1.807, 2.05) is 6.07 Å². The van der Waals surface area contributed by atoms with E-state index in [1.165, 1.54) is 11.3 Å². The minimum Gasteiger partial charge on any atom is -0.365 e. The van der Waals surface area contributed by atoms with E-state index in [1.54, 1.807) is 20.2 Å². The molecule has 104 valence electrons. The first-order valence-electron chi connectivity index (χ1n) is 6.56. The van der Waals surface area contributed by atoms with Crippen LogP contribution < -0.4 is 5.32 Å². The summed E-state index contributed by atoms with van der Waals surface area (Å²) in [4.78, 5) is 15.5. The van der Waals surface area contributed by atoms with E-state index < -0.39 is 0 Å². The number of carbonyl (C=O) groups is 1. The second-order valence-corrected chi connectivity index (χ2v) is 5.25. The first-order valence-corrected chi connectivity index (χ1v) is 6.56. The minimum absolute atomic E-state index is 0.128. The van der Waals surface area contributed by atoms with Gasteiger partial charge in [-0.1, -0.05) is 0 Å². The van der Waals surface area contributed by atoms with Gasteiger partial charge in [0.2, 0.25) is 0 Å². The maximum atomic E-state index is 11.7. The van der Waals surface area contributed by atoms with Gasteiger partial charge >= 0.3 is 0 Å². The Bertz CT molecular complexity index is 431. The molecule has 0 aliphatic carbocycles. The molecule has 1 aromatic heterocycles. The van der Waals surface area contributed by atoms with Crippen LogP contribution in [-0.4, -0.2) is 66.2 Å². The summed E-state index contributed by atoms with van der Waals surface area (Å²) in [6.07, 6.45) is 2.34. The van der Waals surface area contributed by atoms with Crippen LogP contribution >= 0.6 is 0 Å². The molecule has 1 aromatic rings. The molecule has 1 saturated heterocycles. The Morgan fingerprint density at radius 3 is 2.79 bits per heavy atom. The van der Waals surface area contributed by atoms with E-state index in [2.05, 4.69) is 27.5 Å². The summed E-state index contributed by atoms with van der Waals surface area (Å²) < 4.78 is 0. The monoisotopic (exact) mass is 263 g/mol. The van der Waals surface area contributed by atoms with Crippen LogP contribution in [0.5, 0.6) is 0 Å². The maximum absolute atomic E-state index is 11.7. The number of nitrogens with one attached hydrogen (secondary N) is 1. The Morgan fingerprint density at radius 1 is 1.42 bits per heavy atom. The maximum Gasteiger partial charge on any atom is 0.273 e. The van der Waals surface area contributed by atoms with E-state index in [9.17, 15) is 4.79 Å². The van der Waals surface area contributed by atoms with Crippen LogP contribution in [0, 0.1) is 0 Å². The molecule has 1 N–H and O–H groups in total. The fourth-order valence-electron chi connectivity index (χ4n) is 2.25. The highest BCUT2D eigenvalue weighted by molar-refractivity contribution is 5.91. The number of nitrogens with zero attached hydrogens (tertiary/aromatic N) is 4. The van der Waals surface area contributed by atoms with Crippen molar-refractivity contribution in [3.05, 3.63) is 17.8 Å². The number of piperidine rings is 1. The van der Waals surface area contributed by atoms with Crippen LogP contribution in [0.3, 0.4) is 0 Å². The van der Waals surface area contributed by atoms with Gasteiger partial charge in [0.05, 0.1) is 0 Å². The second-order valence-electron chi connectivity index (χ2n) is 5.25. The van der Waals surface area contributed by atoms with Crippen LogP contribution in [-0.2, 0) is 0 Å². The van der Waals surface area contributed by atoms with Crippen LogP contribution in [0.4, 0.5) is 5.82 Å². The lowest BCUT2D eigenvalue weighted by atomic mass is 10.1. The highest BCUT2D eigenvalue weighted by Gasteiger charge is 2.17. The van der Waals surface area contributed by atoms with Gasteiger partial charge in [-0.3, -0.25) is 4.79 Å². The number of carbonyl (C=O) groups excluding carboxylic acids is 1. The molecule has 1 unspecified atom stereocenters. The van der Waals surface area contributed by atoms with Crippen molar-refractivity contribution in [2.24, 2.45) is 0 Å². The zero-order valence-corrected chi connectivity index (χ0v) is 11.8. The molecule has 0 aromatic carbocycles. The second kappa shape index (κ2) is 5.97. The molecule has 19 heavy (non-hydrogen) atoms. The highest BCUT2D eigenvalue weighted by Crippen LogP contribution is 2.13. The van der Waals surface area contributed by atoms with Crippen molar-refractivity contribution in [1.29, 1.82) is 0 Å². The normalized spacial score (nSPS) is 20.1. The van der Waals surface area contributed by atoms with Crippen molar-refractivity contribution in [2.45, 2.75) is 18.9 Å². The van der Waals surface area contributed by atoms with E-state index in [0.29, 0.717) is 11.7 Å². The van der Waals surface area contributed by atoms with Gasteiger partial charge in [-0.15, -0.1) is 10.2 Å². The van der Waals surface area contributed by atoms with Crippen molar-refractivity contribution in [1.82, 2.24) is 20.0 Å².